The summed E-state index contributed by atoms with van der Waals surface area (Å²) in [5, 5.41) is 0. The van der Waals surface area contributed by atoms with Crippen LogP contribution in [-0.4, -0.2) is 37.2 Å². The largest absolute Gasteiger partial charge is 0.462 e. The maximum atomic E-state index is 12.8. The summed E-state index contributed by atoms with van der Waals surface area (Å²) in [6.45, 7) is 6.17. The van der Waals surface area contributed by atoms with Gasteiger partial charge in [-0.2, -0.15) is 0 Å². The van der Waals surface area contributed by atoms with E-state index in [9.17, 15) is 14.4 Å². The van der Waals surface area contributed by atoms with Crippen molar-refractivity contribution in [2.45, 2.75) is 194 Å². The molecule has 0 aliphatic carbocycles. The third-order valence-electron chi connectivity index (χ3n) is 9.73. The van der Waals surface area contributed by atoms with Crippen LogP contribution in [0, 0.1) is 0 Å². The summed E-state index contributed by atoms with van der Waals surface area (Å²) in [5.74, 6) is -1.01. The minimum atomic E-state index is -0.819. The highest BCUT2D eigenvalue weighted by molar-refractivity contribution is 5.71. The average Bonchev–Trinajstić information content (AvgIpc) is 3.28. The number of hydrogen-bond donors (Lipinski definition) is 0. The predicted molar refractivity (Wildman–Crippen MR) is 269 cm³/mol. The number of hydrogen-bond acceptors (Lipinski definition) is 6. The van der Waals surface area contributed by atoms with Crippen LogP contribution in [0.25, 0.3) is 0 Å². The van der Waals surface area contributed by atoms with Crippen LogP contribution in [0.2, 0.25) is 0 Å². The van der Waals surface area contributed by atoms with Crippen molar-refractivity contribution in [3.8, 4) is 0 Å². The normalized spacial score (nSPS) is 13.3. The van der Waals surface area contributed by atoms with E-state index in [0.29, 0.717) is 19.3 Å². The second-order valence-electron chi connectivity index (χ2n) is 15.7. The first-order valence-corrected chi connectivity index (χ1v) is 24.7. The number of carbonyl (C=O) groups is 3. The van der Waals surface area contributed by atoms with Crippen LogP contribution in [0.15, 0.2) is 134 Å². The number of esters is 3. The van der Waals surface area contributed by atoms with Crippen LogP contribution in [0.4, 0.5) is 0 Å². The lowest BCUT2D eigenvalue weighted by atomic mass is 10.1. The van der Waals surface area contributed by atoms with Crippen molar-refractivity contribution >= 4 is 17.9 Å². The summed E-state index contributed by atoms with van der Waals surface area (Å²) < 4.78 is 16.7. The zero-order valence-corrected chi connectivity index (χ0v) is 40.0. The molecule has 0 rings (SSSR count). The lowest BCUT2D eigenvalue weighted by molar-refractivity contribution is -0.167. The van der Waals surface area contributed by atoms with Crippen molar-refractivity contribution in [2.24, 2.45) is 0 Å². The van der Waals surface area contributed by atoms with Crippen molar-refractivity contribution in [3.63, 3.8) is 0 Å². The summed E-state index contributed by atoms with van der Waals surface area (Å²) in [6.07, 6.45) is 70.0. The van der Waals surface area contributed by atoms with Gasteiger partial charge in [-0.3, -0.25) is 14.4 Å². The van der Waals surface area contributed by atoms with Gasteiger partial charge in [-0.25, -0.2) is 0 Å². The Kier molecular flexibility index (Phi) is 46.7. The SMILES string of the molecule is CC\C=C/C=C\C=C/C=C\CCCCCC(=O)OCC(COC(=O)CCCCC/C=C\C/C=C\C/C=C\C/C=C\CC)OC(=O)CCCCCCCC/C=C\C/C=C\C/C=C\CC. The van der Waals surface area contributed by atoms with E-state index in [2.05, 4.69) is 118 Å². The fraction of sp³-hybridized carbons (Fsp3) is 0.561. The highest BCUT2D eigenvalue weighted by Crippen LogP contribution is 2.12. The van der Waals surface area contributed by atoms with E-state index >= 15 is 0 Å². The Morgan fingerprint density at radius 2 is 0.651 bits per heavy atom. The average molecular weight is 869 g/mol. The molecule has 0 amide bonds. The zero-order chi connectivity index (χ0) is 45.8. The molecular formula is C57H88O6. The molecule has 0 aliphatic heterocycles. The van der Waals surface area contributed by atoms with Crippen LogP contribution < -0.4 is 0 Å². The van der Waals surface area contributed by atoms with Gasteiger partial charge in [-0.05, 0) is 109 Å². The Balaban J connectivity index is 4.55. The van der Waals surface area contributed by atoms with Crippen molar-refractivity contribution in [1.82, 2.24) is 0 Å². The number of allylic oxidation sites excluding steroid dienone is 22. The van der Waals surface area contributed by atoms with E-state index in [1.54, 1.807) is 0 Å². The highest BCUT2D eigenvalue weighted by Gasteiger charge is 2.19. The highest BCUT2D eigenvalue weighted by atomic mass is 16.6. The van der Waals surface area contributed by atoms with Gasteiger partial charge in [-0.15, -0.1) is 0 Å². The van der Waals surface area contributed by atoms with Crippen molar-refractivity contribution in [2.75, 3.05) is 13.2 Å². The molecule has 0 aromatic heterocycles. The van der Waals surface area contributed by atoms with Crippen LogP contribution in [-0.2, 0) is 28.6 Å². The molecule has 63 heavy (non-hydrogen) atoms. The molecule has 0 fully saturated rings. The van der Waals surface area contributed by atoms with Crippen molar-refractivity contribution < 1.29 is 28.6 Å². The Morgan fingerprint density at radius 1 is 0.333 bits per heavy atom. The monoisotopic (exact) mass is 869 g/mol. The Labute approximate surface area is 385 Å². The topological polar surface area (TPSA) is 78.9 Å². The van der Waals surface area contributed by atoms with Crippen molar-refractivity contribution in [1.29, 1.82) is 0 Å². The molecule has 0 spiro atoms. The molecule has 352 valence electrons. The lowest BCUT2D eigenvalue weighted by Crippen LogP contribution is -2.30. The van der Waals surface area contributed by atoms with E-state index in [-0.39, 0.29) is 31.1 Å². The first kappa shape index (κ1) is 58.6. The Morgan fingerprint density at radius 3 is 1.10 bits per heavy atom. The molecule has 0 saturated heterocycles. The van der Waals surface area contributed by atoms with Gasteiger partial charge in [0.15, 0.2) is 6.10 Å². The van der Waals surface area contributed by atoms with E-state index in [4.69, 9.17) is 14.2 Å². The van der Waals surface area contributed by atoms with Gasteiger partial charge in [0.1, 0.15) is 13.2 Å². The number of unbranched alkanes of at least 4 members (excludes halogenated alkanes) is 12. The predicted octanol–water partition coefficient (Wildman–Crippen LogP) is 16.3. The molecule has 0 bridgehead atoms. The molecule has 6 heteroatoms. The van der Waals surface area contributed by atoms with Crippen LogP contribution >= 0.6 is 0 Å². The maximum Gasteiger partial charge on any atom is 0.306 e. The van der Waals surface area contributed by atoms with Crippen molar-refractivity contribution in [3.05, 3.63) is 134 Å². The van der Waals surface area contributed by atoms with E-state index < -0.39 is 6.10 Å². The molecule has 0 N–H and O–H groups in total. The quantitative estimate of drug-likeness (QED) is 0.0200. The smallest absolute Gasteiger partial charge is 0.306 e. The molecular weight excluding hydrogens is 781 g/mol. The van der Waals surface area contributed by atoms with Gasteiger partial charge in [0.05, 0.1) is 0 Å². The summed E-state index contributed by atoms with van der Waals surface area (Å²) in [5.41, 5.74) is 0. The van der Waals surface area contributed by atoms with Crippen LogP contribution in [0.5, 0.6) is 0 Å². The van der Waals surface area contributed by atoms with E-state index in [0.717, 1.165) is 135 Å². The lowest BCUT2D eigenvalue weighted by Gasteiger charge is -2.18. The van der Waals surface area contributed by atoms with Gasteiger partial charge in [-0.1, -0.05) is 193 Å². The fourth-order valence-electron chi connectivity index (χ4n) is 6.10. The first-order valence-electron chi connectivity index (χ1n) is 24.7. The number of ether oxygens (including phenoxy) is 3. The van der Waals surface area contributed by atoms with Gasteiger partial charge < -0.3 is 14.2 Å². The molecule has 0 radical (unpaired) electrons. The summed E-state index contributed by atoms with van der Waals surface area (Å²) >= 11 is 0. The van der Waals surface area contributed by atoms with Gasteiger partial charge in [0.25, 0.3) is 0 Å². The van der Waals surface area contributed by atoms with Gasteiger partial charge in [0.2, 0.25) is 0 Å². The van der Waals surface area contributed by atoms with E-state index in [1.165, 1.54) is 12.8 Å². The summed E-state index contributed by atoms with van der Waals surface area (Å²) in [6, 6.07) is 0. The van der Waals surface area contributed by atoms with E-state index in [1.807, 2.05) is 36.5 Å². The second kappa shape index (κ2) is 50.2. The van der Waals surface area contributed by atoms with Crippen LogP contribution in [0.1, 0.15) is 188 Å². The maximum absolute atomic E-state index is 12.8. The first-order chi connectivity index (χ1) is 31.0. The minimum Gasteiger partial charge on any atom is -0.462 e. The summed E-state index contributed by atoms with van der Waals surface area (Å²) in [7, 11) is 0. The molecule has 0 aliphatic rings. The molecule has 0 saturated carbocycles. The summed E-state index contributed by atoms with van der Waals surface area (Å²) in [4.78, 5) is 37.9. The molecule has 1 unspecified atom stereocenters. The Bertz CT molecular complexity index is 1420. The Hall–Kier alpha value is -4.45. The minimum absolute atomic E-state index is 0.118. The second-order valence-corrected chi connectivity index (χ2v) is 15.7. The number of carbonyl (C=O) groups excluding carboxylic acids is 3. The van der Waals surface area contributed by atoms with Crippen LogP contribution in [0.3, 0.4) is 0 Å². The fourth-order valence-corrected chi connectivity index (χ4v) is 6.10. The van der Waals surface area contributed by atoms with Gasteiger partial charge >= 0.3 is 17.9 Å². The number of rotatable bonds is 42. The van der Waals surface area contributed by atoms with Gasteiger partial charge in [0, 0.05) is 19.3 Å². The molecule has 0 heterocycles. The molecule has 6 nitrogen and oxygen atoms in total. The third-order valence-corrected chi connectivity index (χ3v) is 9.73. The zero-order valence-electron chi connectivity index (χ0n) is 40.0. The third kappa shape index (κ3) is 48.4. The molecule has 1 atom stereocenters. The molecule has 0 aromatic rings. The molecule has 0 aromatic carbocycles. The standard InChI is InChI=1S/C57H88O6/c1-4-7-10-13-16-19-22-25-27-29-32-35-38-41-44-47-50-56(59)62-53-54(52-61-55(58)49-46-43-40-37-34-31-24-21-18-15-12-9-6-3)63-57(60)51-48-45-42-39-36-33-30-28-26-23-20-17-14-11-8-5-2/h7-12,15-21,24-28,31-32,34-35,54H,4-6,13-14,22-23,29-30,33,36-53H2,1-3H3/b10-7-,11-8-,12-9-,18-15-,19-16-,20-17-,24-21-,27-25-,28-26-,34-31-,35-32-.